The molecule has 0 unspecified atom stereocenters. The van der Waals surface area contributed by atoms with Crippen LogP contribution in [0.15, 0.2) is 0 Å². The maximum absolute atomic E-state index is 11.9. The quantitative estimate of drug-likeness (QED) is 0.617. The third-order valence-electron chi connectivity index (χ3n) is 3.02. The van der Waals surface area contributed by atoms with Crippen LogP contribution in [0.4, 0.5) is 0 Å². The molecular formula is C10H22N2O4S2. The molecule has 0 amide bonds. The molecule has 0 spiro atoms. The molecule has 1 heterocycles. The summed E-state index contributed by atoms with van der Waals surface area (Å²) in [7, 11) is -6.37. The van der Waals surface area contributed by atoms with Gasteiger partial charge in [0.15, 0.2) is 0 Å². The second-order valence-corrected chi connectivity index (χ2v) is 8.85. The fourth-order valence-corrected chi connectivity index (χ4v) is 5.21. The summed E-state index contributed by atoms with van der Waals surface area (Å²) < 4.78 is 48.8. The standard InChI is InChI=1S/C10H22N2O4S2/c1-2-11-6-3-7-12-18(15,16)10-4-8-17(13,14)9-5-10/h10-12H,2-9H2,1H3. The first-order valence-electron chi connectivity index (χ1n) is 6.27. The molecular weight excluding hydrogens is 276 g/mol. The van der Waals surface area contributed by atoms with Crippen LogP contribution in [-0.2, 0) is 19.9 Å². The molecule has 0 aromatic carbocycles. The molecule has 1 aliphatic rings. The third kappa shape index (κ3) is 5.21. The zero-order valence-corrected chi connectivity index (χ0v) is 12.3. The van der Waals surface area contributed by atoms with Crippen molar-refractivity contribution >= 4 is 19.9 Å². The van der Waals surface area contributed by atoms with Gasteiger partial charge in [-0.1, -0.05) is 6.92 Å². The minimum Gasteiger partial charge on any atom is -0.317 e. The number of nitrogens with one attached hydrogen (secondary N) is 2. The van der Waals surface area contributed by atoms with Gasteiger partial charge in [-0.3, -0.25) is 0 Å². The average molecular weight is 298 g/mol. The number of hydrogen-bond donors (Lipinski definition) is 2. The Morgan fingerprint density at radius 3 is 2.33 bits per heavy atom. The van der Waals surface area contributed by atoms with E-state index in [0.717, 1.165) is 19.5 Å². The smallest absolute Gasteiger partial charge is 0.214 e. The molecule has 1 rings (SSSR count). The highest BCUT2D eigenvalue weighted by Gasteiger charge is 2.32. The van der Waals surface area contributed by atoms with E-state index in [1.807, 2.05) is 6.92 Å². The van der Waals surface area contributed by atoms with Gasteiger partial charge in [-0.25, -0.2) is 21.6 Å². The van der Waals surface area contributed by atoms with Gasteiger partial charge in [-0.05, 0) is 32.4 Å². The van der Waals surface area contributed by atoms with Gasteiger partial charge >= 0.3 is 0 Å². The summed E-state index contributed by atoms with van der Waals surface area (Å²) in [4.78, 5) is 0. The first-order chi connectivity index (χ1) is 8.37. The van der Waals surface area contributed by atoms with Crippen molar-refractivity contribution in [2.45, 2.75) is 31.4 Å². The van der Waals surface area contributed by atoms with Crippen LogP contribution in [0.1, 0.15) is 26.2 Å². The Bertz CT molecular complexity index is 430. The topological polar surface area (TPSA) is 92.3 Å². The summed E-state index contributed by atoms with van der Waals surface area (Å²) in [6.45, 7) is 4.04. The molecule has 0 saturated carbocycles. The molecule has 0 aromatic heterocycles. The number of sulfone groups is 1. The van der Waals surface area contributed by atoms with Crippen molar-refractivity contribution in [3.8, 4) is 0 Å². The first kappa shape index (κ1) is 15.9. The van der Waals surface area contributed by atoms with Gasteiger partial charge in [-0.2, -0.15) is 0 Å². The molecule has 0 radical (unpaired) electrons. The van der Waals surface area contributed by atoms with Crippen LogP contribution >= 0.6 is 0 Å². The number of rotatable bonds is 7. The molecule has 6 nitrogen and oxygen atoms in total. The zero-order chi connectivity index (χ0) is 13.6. The van der Waals surface area contributed by atoms with Crippen molar-refractivity contribution in [3.63, 3.8) is 0 Å². The Kier molecular flexibility index (Phi) is 6.03. The van der Waals surface area contributed by atoms with Gasteiger partial charge < -0.3 is 5.32 Å². The van der Waals surface area contributed by atoms with E-state index in [-0.39, 0.29) is 24.3 Å². The highest BCUT2D eigenvalue weighted by Crippen LogP contribution is 2.18. The predicted octanol–water partition coefficient (Wildman–Crippen LogP) is -0.517. The normalized spacial score (nSPS) is 20.9. The first-order valence-corrected chi connectivity index (χ1v) is 9.64. The maximum Gasteiger partial charge on any atom is 0.214 e. The lowest BCUT2D eigenvalue weighted by atomic mass is 10.2. The van der Waals surface area contributed by atoms with Gasteiger partial charge in [0.2, 0.25) is 10.0 Å². The zero-order valence-electron chi connectivity index (χ0n) is 10.7. The largest absolute Gasteiger partial charge is 0.317 e. The van der Waals surface area contributed by atoms with Crippen molar-refractivity contribution < 1.29 is 16.8 Å². The van der Waals surface area contributed by atoms with Gasteiger partial charge in [0.05, 0.1) is 16.8 Å². The number of sulfonamides is 1. The van der Waals surface area contributed by atoms with E-state index < -0.39 is 25.1 Å². The molecule has 0 aliphatic carbocycles. The summed E-state index contributed by atoms with van der Waals surface area (Å²) in [6, 6.07) is 0. The third-order valence-corrected chi connectivity index (χ3v) is 6.70. The van der Waals surface area contributed by atoms with E-state index in [2.05, 4.69) is 10.0 Å². The molecule has 1 saturated heterocycles. The van der Waals surface area contributed by atoms with Crippen LogP contribution in [0, 0.1) is 0 Å². The van der Waals surface area contributed by atoms with Gasteiger partial charge in [0.1, 0.15) is 9.84 Å². The Hall–Kier alpha value is -0.180. The van der Waals surface area contributed by atoms with Crippen molar-refractivity contribution in [1.82, 2.24) is 10.0 Å². The Labute approximate surface area is 110 Å². The van der Waals surface area contributed by atoms with Gasteiger partial charge in [0.25, 0.3) is 0 Å². The van der Waals surface area contributed by atoms with Crippen LogP contribution in [0.25, 0.3) is 0 Å². The maximum atomic E-state index is 11.9. The van der Waals surface area contributed by atoms with Crippen LogP contribution < -0.4 is 10.0 Å². The monoisotopic (exact) mass is 298 g/mol. The SMILES string of the molecule is CCNCCCNS(=O)(=O)C1CCS(=O)(=O)CC1. The van der Waals surface area contributed by atoms with E-state index in [1.54, 1.807) is 0 Å². The second kappa shape index (κ2) is 6.83. The van der Waals surface area contributed by atoms with Crippen molar-refractivity contribution in [2.75, 3.05) is 31.1 Å². The summed E-state index contributed by atoms with van der Waals surface area (Å²) in [5.74, 6) is -0.0358. The summed E-state index contributed by atoms with van der Waals surface area (Å²) in [6.07, 6.45) is 1.16. The Balaban J connectivity index is 2.36. The molecule has 0 atom stereocenters. The van der Waals surface area contributed by atoms with Crippen LogP contribution in [-0.4, -0.2) is 53.2 Å². The van der Waals surface area contributed by atoms with E-state index in [0.29, 0.717) is 6.54 Å². The second-order valence-electron chi connectivity index (χ2n) is 4.50. The van der Waals surface area contributed by atoms with Gasteiger partial charge in [-0.15, -0.1) is 0 Å². The predicted molar refractivity (Wildman–Crippen MR) is 71.8 cm³/mol. The lowest BCUT2D eigenvalue weighted by molar-refractivity contribution is 0.539. The van der Waals surface area contributed by atoms with E-state index >= 15 is 0 Å². The summed E-state index contributed by atoms with van der Waals surface area (Å²) in [5, 5.41) is 2.56. The Morgan fingerprint density at radius 1 is 1.17 bits per heavy atom. The average Bonchev–Trinajstić information content (AvgIpc) is 2.28. The molecule has 1 aliphatic heterocycles. The summed E-state index contributed by atoms with van der Waals surface area (Å²) in [5.41, 5.74) is 0. The molecule has 0 aromatic rings. The minimum atomic E-state index is -3.36. The highest BCUT2D eigenvalue weighted by molar-refractivity contribution is 7.92. The van der Waals surface area contributed by atoms with Crippen LogP contribution in [0.2, 0.25) is 0 Å². The van der Waals surface area contributed by atoms with E-state index in [9.17, 15) is 16.8 Å². The molecule has 2 N–H and O–H groups in total. The van der Waals surface area contributed by atoms with Gasteiger partial charge in [0, 0.05) is 6.54 Å². The van der Waals surface area contributed by atoms with Crippen molar-refractivity contribution in [3.05, 3.63) is 0 Å². The fraction of sp³-hybridized carbons (Fsp3) is 1.00. The minimum absolute atomic E-state index is 0.0179. The molecule has 108 valence electrons. The molecule has 0 bridgehead atoms. The Morgan fingerprint density at radius 2 is 1.78 bits per heavy atom. The van der Waals surface area contributed by atoms with Crippen molar-refractivity contribution in [1.29, 1.82) is 0 Å². The van der Waals surface area contributed by atoms with Crippen LogP contribution in [0.5, 0.6) is 0 Å². The molecule has 1 fully saturated rings. The lowest BCUT2D eigenvalue weighted by Gasteiger charge is -2.22. The van der Waals surface area contributed by atoms with Crippen molar-refractivity contribution in [2.24, 2.45) is 0 Å². The van der Waals surface area contributed by atoms with E-state index in [1.165, 1.54) is 0 Å². The number of hydrogen-bond acceptors (Lipinski definition) is 5. The van der Waals surface area contributed by atoms with E-state index in [4.69, 9.17) is 0 Å². The molecule has 8 heteroatoms. The van der Waals surface area contributed by atoms with Crippen LogP contribution in [0.3, 0.4) is 0 Å². The summed E-state index contributed by atoms with van der Waals surface area (Å²) >= 11 is 0. The fourth-order valence-electron chi connectivity index (χ4n) is 1.90. The lowest BCUT2D eigenvalue weighted by Crippen LogP contribution is -2.40. The highest BCUT2D eigenvalue weighted by atomic mass is 32.2. The molecule has 18 heavy (non-hydrogen) atoms.